The van der Waals surface area contributed by atoms with E-state index in [1.165, 1.54) is 52.0 Å². The first-order valence-electron chi connectivity index (χ1n) is 36.2. The molecule has 3 saturated heterocycles. The molecule has 3 fully saturated rings. The van der Waals surface area contributed by atoms with Crippen LogP contribution in [0, 0.1) is 43.5 Å². The number of carbonyl (C=O) groups is 2. The number of aromatic nitrogens is 4. The lowest BCUT2D eigenvalue weighted by molar-refractivity contribution is -0.385. The number of aliphatic hydroxyl groups is 2. The molecule has 112 heavy (non-hydrogen) atoms. The second-order valence-corrected chi connectivity index (χ2v) is 31.2. The lowest BCUT2D eigenvalue weighted by Crippen LogP contribution is -2.61. The highest BCUT2D eigenvalue weighted by molar-refractivity contribution is 6.63. The molecule has 3 aliphatic rings. The molecule has 0 saturated carbocycles. The van der Waals surface area contributed by atoms with Crippen molar-refractivity contribution in [1.29, 1.82) is 0 Å². The van der Waals surface area contributed by atoms with E-state index < -0.39 is 146 Å². The van der Waals surface area contributed by atoms with E-state index in [2.05, 4.69) is 9.97 Å². The molecule has 2 N–H and O–H groups in total. The molecular weight excluding hydrogens is 1490 g/mol. The number of ether oxygens (including phenoxy) is 6. The molecule has 0 spiro atoms. The van der Waals surface area contributed by atoms with Crippen LogP contribution in [0.4, 0.5) is 49.9 Å². The van der Waals surface area contributed by atoms with E-state index in [-0.39, 0.29) is 108 Å². The van der Waals surface area contributed by atoms with E-state index >= 15 is 8.78 Å². The van der Waals surface area contributed by atoms with E-state index in [1.807, 2.05) is 55.4 Å². The van der Waals surface area contributed by atoms with Gasteiger partial charge < -0.3 is 67.5 Å². The Kier molecular flexibility index (Phi) is 26.5. The zero-order valence-corrected chi connectivity index (χ0v) is 66.5. The van der Waals surface area contributed by atoms with Crippen LogP contribution in [0.15, 0.2) is 107 Å². The van der Waals surface area contributed by atoms with Gasteiger partial charge in [-0.1, -0.05) is 87.8 Å². The predicted octanol–water partition coefficient (Wildman–Crippen LogP) is 13.3. The average Bonchev–Trinajstić information content (AvgIpc) is 1.03. The molecule has 2 amide bonds. The monoisotopic (exact) mass is 1580 g/mol. The average molecular weight is 1580 g/mol. The number of benzene rings is 4. The van der Waals surface area contributed by atoms with Crippen molar-refractivity contribution in [3.63, 3.8) is 0 Å². The molecule has 0 bridgehead atoms. The summed E-state index contributed by atoms with van der Waals surface area (Å²) in [4.78, 5) is 93.0. The van der Waals surface area contributed by atoms with Crippen LogP contribution in [-0.4, -0.2) is 182 Å². The Morgan fingerprint density at radius 2 is 1.01 bits per heavy atom. The standard InChI is InChI=1S/C36H41F2N5O8.C28H33ClFN5O6.C14H20BFO4/c1-20(2)23-11-8-9-13-27(23)42-33-24(15-26(38)30(39-33)29-25(37)12-10-14-28(29)50-19-49-7)31(32(34(42)45)43(47)48)41-16-21(3)40(17-22(41)18-44)35(46)51-36(4,5)6;1-15(2)18-9-7-8-10-21(18)34-25-19(11-20(30)24(29)31-25)22(23(26(34)37)35(39)40)33-12-16(3)32(13-17(33)14-36)27(38)41-28(4,5)6;1-13(2)14(3,4)20-15(19-13)12-10(16)7-6-8-11(12)18-9-17-5/h8-15,20-22,44H,16-19H2,1-7H3;7-11,15-17,36H,12-14H2,1-6H3;6-8H,9H2,1-5H3/t21-,22-;16-,17-;/m11./s1. The number of rotatable bonds is 18. The third-order valence-electron chi connectivity index (χ3n) is 19.3. The van der Waals surface area contributed by atoms with Crippen molar-refractivity contribution < 1.29 is 84.9 Å². The third-order valence-corrected chi connectivity index (χ3v) is 19.6. The van der Waals surface area contributed by atoms with Gasteiger partial charge in [-0.05, 0) is 155 Å². The molecule has 0 radical (unpaired) electrons. The summed E-state index contributed by atoms with van der Waals surface area (Å²) in [6.45, 7) is 27.3. The van der Waals surface area contributed by atoms with Gasteiger partial charge in [0.1, 0.15) is 51.4 Å². The van der Waals surface area contributed by atoms with Crippen LogP contribution in [0.1, 0.15) is 134 Å². The highest BCUT2D eigenvalue weighted by Gasteiger charge is 2.54. The van der Waals surface area contributed by atoms with Crippen molar-refractivity contribution >= 4 is 81.2 Å². The molecule has 602 valence electrons. The van der Waals surface area contributed by atoms with E-state index in [1.54, 1.807) is 116 Å². The summed E-state index contributed by atoms with van der Waals surface area (Å²) >= 11 is 6.08. The molecule has 8 aromatic rings. The lowest BCUT2D eigenvalue weighted by Gasteiger charge is -2.45. The Balaban J connectivity index is 0.000000210. The maximum Gasteiger partial charge on any atom is 0.501 e. The quantitative estimate of drug-likeness (QED) is 0.0201. The summed E-state index contributed by atoms with van der Waals surface area (Å²) in [6.07, 6.45) is -1.26. The second kappa shape index (κ2) is 34.5. The topological polar surface area (TPSA) is 317 Å². The lowest BCUT2D eigenvalue weighted by atomic mass is 9.78. The summed E-state index contributed by atoms with van der Waals surface area (Å²) in [5.74, 6) is -3.24. The minimum Gasteiger partial charge on any atom is -0.468 e. The van der Waals surface area contributed by atoms with Crippen molar-refractivity contribution in [3.05, 3.63) is 178 Å². The molecule has 7 heterocycles. The first kappa shape index (κ1) is 86.0. The number of nitrogens with zero attached hydrogens (tertiary/aromatic N) is 10. The molecule has 4 aromatic heterocycles. The van der Waals surface area contributed by atoms with Crippen LogP contribution >= 0.6 is 11.6 Å². The van der Waals surface area contributed by atoms with Gasteiger partial charge >= 0.3 is 41.8 Å². The van der Waals surface area contributed by atoms with Gasteiger partial charge in [-0.15, -0.1) is 0 Å². The summed E-state index contributed by atoms with van der Waals surface area (Å²) in [5.41, 5.74) is -5.81. The van der Waals surface area contributed by atoms with Crippen LogP contribution in [0.25, 0.3) is 44.7 Å². The minimum absolute atomic E-state index is 0.0172. The van der Waals surface area contributed by atoms with Gasteiger partial charge in [-0.25, -0.2) is 37.1 Å². The number of anilines is 2. The molecule has 0 aliphatic carbocycles. The number of methoxy groups -OCH3 is 2. The Morgan fingerprint density at radius 3 is 1.42 bits per heavy atom. The number of pyridine rings is 4. The maximum atomic E-state index is 16.5. The number of hydrogen-bond donors (Lipinski definition) is 2. The highest BCUT2D eigenvalue weighted by Crippen LogP contribution is 2.44. The zero-order chi connectivity index (χ0) is 82.7. The van der Waals surface area contributed by atoms with Crippen LogP contribution in [0.5, 0.6) is 11.5 Å². The fraction of sp³-hybridized carbons (Fsp3) is 0.462. The number of aliphatic hydroxyl groups excluding tert-OH is 2. The minimum atomic E-state index is -1.08. The normalized spacial score (nSPS) is 17.7. The number of fused-ring (bicyclic) bond motifs is 2. The van der Waals surface area contributed by atoms with Gasteiger partial charge in [0.05, 0.1) is 79.5 Å². The fourth-order valence-corrected chi connectivity index (χ4v) is 13.5. The van der Waals surface area contributed by atoms with E-state index in [0.29, 0.717) is 22.6 Å². The first-order chi connectivity index (χ1) is 52.5. The van der Waals surface area contributed by atoms with Crippen LogP contribution in [0.2, 0.25) is 5.15 Å². The smallest absolute Gasteiger partial charge is 0.468 e. The number of piperazine rings is 2. The van der Waals surface area contributed by atoms with Gasteiger partial charge in [0.25, 0.3) is 0 Å². The van der Waals surface area contributed by atoms with Crippen LogP contribution in [-0.2, 0) is 28.3 Å². The van der Waals surface area contributed by atoms with Crippen LogP contribution < -0.4 is 35.9 Å². The number of hydrogen-bond acceptors (Lipinski definition) is 22. The Bertz CT molecular complexity index is 4970. The molecule has 34 heteroatoms. The first-order valence-corrected chi connectivity index (χ1v) is 36.5. The molecule has 0 unspecified atom stereocenters. The van der Waals surface area contributed by atoms with Gasteiger partial charge in [-0.3, -0.25) is 39.0 Å². The molecule has 4 aromatic carbocycles. The molecular formula is C78H94BClF4N10O18. The number of nitro groups is 2. The van der Waals surface area contributed by atoms with E-state index in [9.17, 15) is 58.4 Å². The van der Waals surface area contributed by atoms with Crippen molar-refractivity contribution in [2.24, 2.45) is 0 Å². The van der Waals surface area contributed by atoms with Crippen molar-refractivity contribution in [3.8, 4) is 34.1 Å². The maximum absolute atomic E-state index is 16.5. The number of carbonyl (C=O) groups excluding carboxylic acids is 2. The van der Waals surface area contributed by atoms with Gasteiger partial charge in [0.2, 0.25) is 0 Å². The number of halogens is 5. The number of para-hydroxylation sites is 2. The Labute approximate surface area is 650 Å². The molecule has 3 aliphatic heterocycles. The number of amides is 2. The van der Waals surface area contributed by atoms with Gasteiger partial charge in [-0.2, -0.15) is 0 Å². The largest absolute Gasteiger partial charge is 0.501 e. The summed E-state index contributed by atoms with van der Waals surface area (Å²) in [6, 6.07) is 21.1. The van der Waals surface area contributed by atoms with Gasteiger partial charge in [0.15, 0.2) is 41.7 Å². The second-order valence-electron chi connectivity index (χ2n) is 30.8. The zero-order valence-electron chi connectivity index (χ0n) is 65.7. The summed E-state index contributed by atoms with van der Waals surface area (Å²) < 4.78 is 107. The van der Waals surface area contributed by atoms with E-state index in [0.717, 1.165) is 27.3 Å². The molecule has 4 atom stereocenters. The van der Waals surface area contributed by atoms with Crippen molar-refractivity contribution in [2.45, 2.75) is 169 Å². The summed E-state index contributed by atoms with van der Waals surface area (Å²) in [5, 5.41) is 45.8. The Hall–Kier alpha value is -10.0. The predicted molar refractivity (Wildman–Crippen MR) is 415 cm³/mol. The van der Waals surface area contributed by atoms with Crippen molar-refractivity contribution in [1.82, 2.24) is 28.9 Å². The molecule has 28 nitrogen and oxygen atoms in total. The van der Waals surface area contributed by atoms with E-state index in [4.69, 9.17) is 49.3 Å². The van der Waals surface area contributed by atoms with Crippen molar-refractivity contribution in [2.75, 3.05) is 77.0 Å². The van der Waals surface area contributed by atoms with Crippen LogP contribution in [0.3, 0.4) is 0 Å². The highest BCUT2D eigenvalue weighted by atomic mass is 35.5. The Morgan fingerprint density at radius 1 is 0.607 bits per heavy atom. The SMILES string of the molecule is CC(C)c1ccccc1-n1c(=O)c([N+](=O)[O-])c(N2C[C@@H](C)N(C(=O)OC(C)(C)C)C[C@@H]2CO)c2cc(F)c(Cl)nc21.COCOc1cccc(F)c1-c1nc2c(cc1F)c(N1C[C@@H](C)N(C(=O)OC(C)(C)C)C[C@@H]1CO)c([N+](=O)[O-])c(=O)n2-c1ccccc1C(C)C.COCOc1cccc(F)c1B1OC(C)(C)C(C)(C)O1. The fourth-order valence-electron chi connectivity index (χ4n) is 13.4. The summed E-state index contributed by atoms with van der Waals surface area (Å²) in [7, 11) is 2.07. The third kappa shape index (κ3) is 18.0. The van der Waals surface area contributed by atoms with Gasteiger partial charge in [0, 0.05) is 52.5 Å². The molecule has 11 rings (SSSR count).